The Morgan fingerprint density at radius 2 is 1.84 bits per heavy atom. The third kappa shape index (κ3) is 3.60. The fourth-order valence-electron chi connectivity index (χ4n) is 5.04. The van der Waals surface area contributed by atoms with Crippen molar-refractivity contribution < 1.29 is 19.0 Å². The molecule has 2 aliphatic rings. The van der Waals surface area contributed by atoms with Crippen molar-refractivity contribution in [3.8, 4) is 11.5 Å². The average Bonchev–Trinajstić information content (AvgIpc) is 2.82. The van der Waals surface area contributed by atoms with Crippen molar-refractivity contribution in [2.45, 2.75) is 44.2 Å². The predicted octanol–water partition coefficient (Wildman–Crippen LogP) is 4.67. The Bertz CT molecular complexity index is 1220. The summed E-state index contributed by atoms with van der Waals surface area (Å²) in [6.45, 7) is 1.47. The van der Waals surface area contributed by atoms with Crippen molar-refractivity contribution in [2.75, 3.05) is 14.2 Å². The summed E-state index contributed by atoms with van der Waals surface area (Å²) in [7, 11) is 3.30. The van der Waals surface area contributed by atoms with Gasteiger partial charge in [0.25, 0.3) is 0 Å². The van der Waals surface area contributed by atoms with Gasteiger partial charge in [-0.2, -0.15) is 0 Å². The highest BCUT2D eigenvalue weighted by atomic mass is 16.5. The van der Waals surface area contributed by atoms with Gasteiger partial charge in [-0.15, -0.1) is 0 Å². The number of aliphatic imine (C=N–C) groups is 1. The maximum Gasteiger partial charge on any atom is 0.302 e. The first-order valence-corrected chi connectivity index (χ1v) is 10.9. The van der Waals surface area contributed by atoms with Crippen molar-refractivity contribution in [3.63, 3.8) is 0 Å². The zero-order valence-electron chi connectivity index (χ0n) is 18.5. The number of pyridine rings is 1. The molecule has 2 aromatic carbocycles. The molecule has 1 saturated carbocycles. The van der Waals surface area contributed by atoms with E-state index in [0.717, 1.165) is 47.0 Å². The van der Waals surface area contributed by atoms with Crippen LogP contribution in [0.1, 0.15) is 48.8 Å². The minimum Gasteiger partial charge on any atom is -0.493 e. The highest BCUT2D eigenvalue weighted by Gasteiger charge is 2.38. The molecule has 0 bridgehead atoms. The number of ether oxygens (including phenoxy) is 3. The highest BCUT2D eigenvalue weighted by Crippen LogP contribution is 2.45. The number of carbonyl (C=O) groups excluding carboxylic acids is 1. The Balaban J connectivity index is 1.64. The molecule has 0 saturated heterocycles. The average molecular weight is 431 g/mol. The Hall–Kier alpha value is -3.41. The standard InChI is InChI=1S/C26H26N2O4/c1-15(29)32-18-7-9-23-20(12-18)19-13-24(30-2)25(31-3)14-21(19)26(28-23)17-6-8-22-16(11-17)5-4-10-27-22/h4-6,8,10-11,13-14,18,20,23H,7,9,12H2,1-3H3. The lowest BCUT2D eigenvalue weighted by Crippen LogP contribution is -2.36. The van der Waals surface area contributed by atoms with E-state index in [9.17, 15) is 4.79 Å². The van der Waals surface area contributed by atoms with Gasteiger partial charge in [-0.05, 0) is 55.2 Å². The first-order valence-electron chi connectivity index (χ1n) is 10.9. The molecule has 1 aromatic heterocycles. The van der Waals surface area contributed by atoms with Gasteiger partial charge in [-0.1, -0.05) is 12.1 Å². The molecule has 1 aliphatic carbocycles. The Morgan fingerprint density at radius 3 is 2.62 bits per heavy atom. The van der Waals surface area contributed by atoms with Crippen LogP contribution in [0.5, 0.6) is 11.5 Å². The lowest BCUT2D eigenvalue weighted by atomic mass is 9.74. The molecule has 6 nitrogen and oxygen atoms in total. The molecule has 3 atom stereocenters. The van der Waals surface area contributed by atoms with Crippen molar-refractivity contribution in [3.05, 3.63) is 65.4 Å². The van der Waals surface area contributed by atoms with Crippen LogP contribution in [0, 0.1) is 0 Å². The van der Waals surface area contributed by atoms with Gasteiger partial charge in [-0.3, -0.25) is 14.8 Å². The molecule has 3 unspecified atom stereocenters. The van der Waals surface area contributed by atoms with Crippen LogP contribution in [-0.2, 0) is 9.53 Å². The van der Waals surface area contributed by atoms with Crippen LogP contribution in [0.4, 0.5) is 0 Å². The van der Waals surface area contributed by atoms with Crippen LogP contribution in [0.15, 0.2) is 53.7 Å². The molecule has 1 aliphatic heterocycles. The fourth-order valence-corrected chi connectivity index (χ4v) is 5.04. The molecule has 164 valence electrons. The van der Waals surface area contributed by atoms with E-state index < -0.39 is 0 Å². The van der Waals surface area contributed by atoms with Gasteiger partial charge in [-0.25, -0.2) is 0 Å². The summed E-state index contributed by atoms with van der Waals surface area (Å²) in [4.78, 5) is 21.2. The molecule has 5 rings (SSSR count). The topological polar surface area (TPSA) is 70.0 Å². The largest absolute Gasteiger partial charge is 0.493 e. The van der Waals surface area contributed by atoms with Gasteiger partial charge in [0.1, 0.15) is 6.10 Å². The number of hydrogen-bond donors (Lipinski definition) is 0. The number of esters is 1. The van der Waals surface area contributed by atoms with Gasteiger partial charge in [0.2, 0.25) is 0 Å². The van der Waals surface area contributed by atoms with Crippen LogP contribution in [0.2, 0.25) is 0 Å². The second-order valence-electron chi connectivity index (χ2n) is 8.40. The van der Waals surface area contributed by atoms with Gasteiger partial charge in [0.15, 0.2) is 11.5 Å². The van der Waals surface area contributed by atoms with Crippen LogP contribution < -0.4 is 9.47 Å². The number of rotatable bonds is 4. The normalized spacial score (nSPS) is 21.8. The summed E-state index contributed by atoms with van der Waals surface area (Å²) in [5.74, 6) is 1.30. The lowest BCUT2D eigenvalue weighted by molar-refractivity contribution is -0.148. The molecular weight excluding hydrogens is 404 g/mol. The molecule has 1 fully saturated rings. The maximum absolute atomic E-state index is 11.6. The zero-order valence-corrected chi connectivity index (χ0v) is 18.5. The zero-order chi connectivity index (χ0) is 22.2. The molecule has 3 aromatic rings. The number of fused-ring (bicyclic) bond motifs is 4. The molecule has 6 heteroatoms. The molecule has 2 heterocycles. The first kappa shape index (κ1) is 20.5. The molecule has 0 amide bonds. The van der Waals surface area contributed by atoms with E-state index in [1.54, 1.807) is 20.4 Å². The summed E-state index contributed by atoms with van der Waals surface area (Å²) in [5.41, 5.74) is 5.18. The van der Waals surface area contributed by atoms with E-state index >= 15 is 0 Å². The van der Waals surface area contributed by atoms with Gasteiger partial charge >= 0.3 is 5.97 Å². The van der Waals surface area contributed by atoms with Crippen molar-refractivity contribution in [1.29, 1.82) is 0 Å². The summed E-state index contributed by atoms with van der Waals surface area (Å²) in [5, 5.41) is 1.08. The molecule has 0 spiro atoms. The summed E-state index contributed by atoms with van der Waals surface area (Å²) in [6, 6.07) is 14.5. The van der Waals surface area contributed by atoms with Gasteiger partial charge < -0.3 is 14.2 Å². The number of hydrogen-bond acceptors (Lipinski definition) is 6. The monoisotopic (exact) mass is 430 g/mol. The first-order chi connectivity index (χ1) is 15.6. The number of methoxy groups -OCH3 is 2. The van der Waals surface area contributed by atoms with Crippen LogP contribution in [0.3, 0.4) is 0 Å². The Kier molecular flexibility index (Phi) is 5.29. The summed E-state index contributed by atoms with van der Waals surface area (Å²) < 4.78 is 16.8. The minimum absolute atomic E-state index is 0.0850. The van der Waals surface area contributed by atoms with E-state index in [2.05, 4.69) is 29.2 Å². The SMILES string of the molecule is COc1cc2c(cc1OC)C1CC(OC(C)=O)CCC1N=C2c1ccc2ncccc2c1. The Labute approximate surface area is 187 Å². The third-order valence-corrected chi connectivity index (χ3v) is 6.48. The summed E-state index contributed by atoms with van der Waals surface area (Å²) >= 11 is 0. The number of aromatic nitrogens is 1. The van der Waals surface area contributed by atoms with E-state index in [0.29, 0.717) is 11.5 Å². The number of carbonyl (C=O) groups is 1. The quantitative estimate of drug-likeness (QED) is 0.563. The second kappa shape index (κ2) is 8.26. The number of nitrogens with zero attached hydrogens (tertiary/aromatic N) is 2. The maximum atomic E-state index is 11.6. The molecule has 32 heavy (non-hydrogen) atoms. The van der Waals surface area contributed by atoms with E-state index in [4.69, 9.17) is 19.2 Å². The van der Waals surface area contributed by atoms with E-state index in [1.165, 1.54) is 12.5 Å². The number of benzene rings is 2. The second-order valence-corrected chi connectivity index (χ2v) is 8.40. The predicted molar refractivity (Wildman–Crippen MR) is 123 cm³/mol. The van der Waals surface area contributed by atoms with Crippen LogP contribution >= 0.6 is 0 Å². The molecule has 0 N–H and O–H groups in total. The lowest BCUT2D eigenvalue weighted by Gasteiger charge is -2.38. The van der Waals surface area contributed by atoms with Gasteiger partial charge in [0.05, 0.1) is 31.5 Å². The minimum atomic E-state index is -0.231. The third-order valence-electron chi connectivity index (χ3n) is 6.48. The van der Waals surface area contributed by atoms with E-state index in [1.807, 2.05) is 18.2 Å². The van der Waals surface area contributed by atoms with Crippen LogP contribution in [0.25, 0.3) is 10.9 Å². The molecular formula is C26H26N2O4. The van der Waals surface area contributed by atoms with Gasteiger partial charge in [0, 0.05) is 35.6 Å². The summed E-state index contributed by atoms with van der Waals surface area (Å²) in [6.07, 6.45) is 4.17. The Morgan fingerprint density at radius 1 is 1.03 bits per heavy atom. The highest BCUT2D eigenvalue weighted by molar-refractivity contribution is 6.16. The fraction of sp³-hybridized carbons (Fsp3) is 0.346. The van der Waals surface area contributed by atoms with Crippen LogP contribution in [-0.4, -0.2) is 43.0 Å². The smallest absolute Gasteiger partial charge is 0.302 e. The van der Waals surface area contributed by atoms with E-state index in [-0.39, 0.29) is 24.0 Å². The molecule has 0 radical (unpaired) electrons. The van der Waals surface area contributed by atoms with Crippen molar-refractivity contribution in [2.24, 2.45) is 4.99 Å². The van der Waals surface area contributed by atoms with Crippen molar-refractivity contribution >= 4 is 22.6 Å². The van der Waals surface area contributed by atoms with Crippen molar-refractivity contribution in [1.82, 2.24) is 4.98 Å².